The maximum Gasteiger partial charge on any atom is 0.317 e. The van der Waals surface area contributed by atoms with Crippen LogP contribution in [0, 0.1) is 0 Å². The van der Waals surface area contributed by atoms with E-state index in [9.17, 15) is 14.4 Å². The van der Waals surface area contributed by atoms with Crippen LogP contribution in [0.3, 0.4) is 0 Å². The molecule has 1 saturated heterocycles. The second kappa shape index (κ2) is 9.65. The lowest BCUT2D eigenvalue weighted by molar-refractivity contribution is -0.137. The van der Waals surface area contributed by atoms with E-state index in [4.69, 9.17) is 9.84 Å². The number of hydrogen-bond donors (Lipinski definition) is 2. The molecule has 0 saturated carbocycles. The third kappa shape index (κ3) is 5.94. The molecule has 1 aromatic carbocycles. The summed E-state index contributed by atoms with van der Waals surface area (Å²) in [5, 5.41) is 11.3. The molecule has 26 heavy (non-hydrogen) atoms. The number of piperazine rings is 1. The van der Waals surface area contributed by atoms with Crippen LogP contribution in [-0.4, -0.2) is 72.6 Å². The van der Waals surface area contributed by atoms with E-state index < -0.39 is 5.97 Å². The maximum atomic E-state index is 12.4. The fourth-order valence-electron chi connectivity index (χ4n) is 2.77. The van der Waals surface area contributed by atoms with Gasteiger partial charge in [0.2, 0.25) is 5.91 Å². The Bertz CT molecular complexity index is 641. The van der Waals surface area contributed by atoms with E-state index in [0.29, 0.717) is 45.6 Å². The summed E-state index contributed by atoms with van der Waals surface area (Å²) in [6.45, 7) is 2.25. The molecule has 0 radical (unpaired) electrons. The van der Waals surface area contributed by atoms with Gasteiger partial charge in [0.15, 0.2) is 0 Å². The van der Waals surface area contributed by atoms with Crippen molar-refractivity contribution in [2.45, 2.75) is 19.3 Å². The lowest BCUT2D eigenvalue weighted by Gasteiger charge is -2.34. The normalized spacial score (nSPS) is 14.0. The monoisotopic (exact) mass is 363 g/mol. The fourth-order valence-corrected chi connectivity index (χ4v) is 2.77. The van der Waals surface area contributed by atoms with E-state index in [1.807, 2.05) is 24.3 Å². The molecule has 3 amide bonds. The van der Waals surface area contributed by atoms with E-state index in [1.165, 1.54) is 0 Å². The molecular formula is C18H25N3O5. The number of amides is 3. The Morgan fingerprint density at radius 1 is 1.15 bits per heavy atom. The second-order valence-electron chi connectivity index (χ2n) is 6.13. The number of carboxylic acids is 1. The van der Waals surface area contributed by atoms with Crippen LogP contribution in [0.25, 0.3) is 0 Å². The molecule has 1 aromatic rings. The van der Waals surface area contributed by atoms with Crippen molar-refractivity contribution in [2.24, 2.45) is 0 Å². The predicted octanol–water partition coefficient (Wildman–Crippen LogP) is 0.956. The number of carbonyl (C=O) groups excluding carboxylic acids is 2. The van der Waals surface area contributed by atoms with Crippen LogP contribution >= 0.6 is 0 Å². The molecule has 1 fully saturated rings. The molecule has 0 unspecified atom stereocenters. The van der Waals surface area contributed by atoms with Crippen LogP contribution in [0.4, 0.5) is 4.79 Å². The van der Waals surface area contributed by atoms with Gasteiger partial charge in [-0.3, -0.25) is 9.59 Å². The third-order valence-corrected chi connectivity index (χ3v) is 4.25. The zero-order chi connectivity index (χ0) is 18.9. The molecule has 8 heteroatoms. The van der Waals surface area contributed by atoms with Crippen molar-refractivity contribution < 1.29 is 24.2 Å². The Morgan fingerprint density at radius 2 is 1.85 bits per heavy atom. The molecule has 1 aliphatic rings. The van der Waals surface area contributed by atoms with E-state index in [1.54, 1.807) is 16.9 Å². The van der Waals surface area contributed by atoms with Gasteiger partial charge in [-0.1, -0.05) is 12.1 Å². The average Bonchev–Trinajstić information content (AvgIpc) is 2.65. The number of hydrogen-bond acceptors (Lipinski definition) is 4. The molecule has 0 atom stereocenters. The minimum absolute atomic E-state index is 0.0276. The zero-order valence-electron chi connectivity index (χ0n) is 14.9. The standard InChI is InChI=1S/C18H25N3O5/c1-26-15-5-2-4-14(12-15)13-16(22)20-8-10-21(11-9-20)18(25)19-7-3-6-17(23)24/h2,4-5,12H,3,6-11,13H2,1H3,(H,19,25)(H,23,24). The Labute approximate surface area is 152 Å². The van der Waals surface area contributed by atoms with E-state index in [0.717, 1.165) is 11.3 Å². The van der Waals surface area contributed by atoms with Gasteiger partial charge in [0, 0.05) is 39.1 Å². The van der Waals surface area contributed by atoms with Crippen LogP contribution < -0.4 is 10.1 Å². The number of benzene rings is 1. The van der Waals surface area contributed by atoms with Gasteiger partial charge in [0.1, 0.15) is 5.75 Å². The first-order valence-electron chi connectivity index (χ1n) is 8.65. The maximum absolute atomic E-state index is 12.4. The van der Waals surface area contributed by atoms with Crippen molar-refractivity contribution in [3.63, 3.8) is 0 Å². The molecule has 0 aliphatic carbocycles. The van der Waals surface area contributed by atoms with Gasteiger partial charge in [-0.2, -0.15) is 0 Å². The van der Waals surface area contributed by atoms with Gasteiger partial charge in [0.05, 0.1) is 13.5 Å². The van der Waals surface area contributed by atoms with E-state index in [2.05, 4.69) is 5.32 Å². The fraction of sp³-hybridized carbons (Fsp3) is 0.500. The molecule has 2 rings (SSSR count). The first kappa shape index (κ1) is 19.6. The lowest BCUT2D eigenvalue weighted by atomic mass is 10.1. The highest BCUT2D eigenvalue weighted by Gasteiger charge is 2.24. The van der Waals surface area contributed by atoms with Gasteiger partial charge in [-0.25, -0.2) is 4.79 Å². The predicted molar refractivity (Wildman–Crippen MR) is 95.1 cm³/mol. The Hall–Kier alpha value is -2.77. The smallest absolute Gasteiger partial charge is 0.317 e. The quantitative estimate of drug-likeness (QED) is 0.703. The van der Waals surface area contributed by atoms with Crippen LogP contribution in [-0.2, 0) is 16.0 Å². The summed E-state index contributed by atoms with van der Waals surface area (Å²) < 4.78 is 5.17. The van der Waals surface area contributed by atoms with Crippen LogP contribution in [0.1, 0.15) is 18.4 Å². The summed E-state index contributed by atoms with van der Waals surface area (Å²) in [7, 11) is 1.59. The number of aliphatic carboxylic acids is 1. The van der Waals surface area contributed by atoms with Crippen molar-refractivity contribution in [2.75, 3.05) is 39.8 Å². The Balaban J connectivity index is 1.74. The molecule has 1 heterocycles. The Morgan fingerprint density at radius 3 is 2.50 bits per heavy atom. The molecule has 0 spiro atoms. The number of nitrogens with zero attached hydrogens (tertiary/aromatic N) is 2. The summed E-state index contributed by atoms with van der Waals surface area (Å²) in [5.74, 6) is -0.123. The molecule has 142 valence electrons. The summed E-state index contributed by atoms with van der Waals surface area (Å²) >= 11 is 0. The number of carboxylic acid groups (broad SMARTS) is 1. The zero-order valence-corrected chi connectivity index (χ0v) is 14.9. The number of urea groups is 1. The summed E-state index contributed by atoms with van der Waals surface area (Å²) in [5.41, 5.74) is 0.896. The van der Waals surface area contributed by atoms with Gasteiger partial charge >= 0.3 is 12.0 Å². The summed E-state index contributed by atoms with van der Waals surface area (Å²) in [6, 6.07) is 7.21. The average molecular weight is 363 g/mol. The SMILES string of the molecule is COc1cccc(CC(=O)N2CCN(C(=O)NCCCC(=O)O)CC2)c1. The first-order chi connectivity index (χ1) is 12.5. The highest BCUT2D eigenvalue weighted by atomic mass is 16.5. The van der Waals surface area contributed by atoms with Gasteiger partial charge < -0.3 is 25.0 Å². The van der Waals surface area contributed by atoms with E-state index >= 15 is 0 Å². The van der Waals surface area contributed by atoms with E-state index in [-0.39, 0.29) is 18.4 Å². The number of carbonyl (C=O) groups is 3. The molecular weight excluding hydrogens is 338 g/mol. The number of nitrogens with one attached hydrogen (secondary N) is 1. The van der Waals surface area contributed by atoms with Crippen molar-refractivity contribution in [1.82, 2.24) is 15.1 Å². The van der Waals surface area contributed by atoms with Crippen LogP contribution in [0.2, 0.25) is 0 Å². The first-order valence-corrected chi connectivity index (χ1v) is 8.65. The number of rotatable bonds is 7. The van der Waals surface area contributed by atoms with Crippen molar-refractivity contribution >= 4 is 17.9 Å². The van der Waals surface area contributed by atoms with Crippen LogP contribution in [0.5, 0.6) is 5.75 Å². The van der Waals surface area contributed by atoms with Crippen LogP contribution in [0.15, 0.2) is 24.3 Å². The van der Waals surface area contributed by atoms with Crippen molar-refractivity contribution in [1.29, 1.82) is 0 Å². The largest absolute Gasteiger partial charge is 0.497 e. The summed E-state index contributed by atoms with van der Waals surface area (Å²) in [4.78, 5) is 38.3. The molecule has 2 N–H and O–H groups in total. The third-order valence-electron chi connectivity index (χ3n) is 4.25. The topological polar surface area (TPSA) is 99.2 Å². The van der Waals surface area contributed by atoms with Crippen molar-refractivity contribution in [3.05, 3.63) is 29.8 Å². The highest BCUT2D eigenvalue weighted by Crippen LogP contribution is 2.14. The molecule has 0 bridgehead atoms. The minimum atomic E-state index is -0.873. The van der Waals surface area contributed by atoms with Gasteiger partial charge in [0.25, 0.3) is 0 Å². The molecule has 8 nitrogen and oxygen atoms in total. The van der Waals surface area contributed by atoms with Gasteiger partial charge in [-0.15, -0.1) is 0 Å². The molecule has 0 aromatic heterocycles. The molecule has 1 aliphatic heterocycles. The Kier molecular flexibility index (Phi) is 7.25. The van der Waals surface area contributed by atoms with Crippen molar-refractivity contribution in [3.8, 4) is 5.75 Å². The summed E-state index contributed by atoms with van der Waals surface area (Å²) in [6.07, 6.45) is 0.742. The lowest BCUT2D eigenvalue weighted by Crippen LogP contribution is -2.53. The number of methoxy groups -OCH3 is 1. The minimum Gasteiger partial charge on any atom is -0.497 e. The number of ether oxygens (including phenoxy) is 1. The highest BCUT2D eigenvalue weighted by molar-refractivity contribution is 5.79. The van der Waals surface area contributed by atoms with Gasteiger partial charge in [-0.05, 0) is 24.1 Å². The second-order valence-corrected chi connectivity index (χ2v) is 6.13.